The number of rotatable bonds is 29. The normalized spacial score (nSPS) is 26.4. The Hall–Kier alpha value is -7.82. The predicted molar refractivity (Wildman–Crippen MR) is 338 cm³/mol. The Kier molecular flexibility index (Phi) is 24.0. The van der Waals surface area contributed by atoms with Gasteiger partial charge in [0.2, 0.25) is 0 Å². The zero-order chi connectivity index (χ0) is 63.3. The van der Waals surface area contributed by atoms with Crippen molar-refractivity contribution in [3.63, 3.8) is 0 Å². The average Bonchev–Trinajstić information content (AvgIpc) is 1.02. The quantitative estimate of drug-likeness (QED) is 0.0436. The van der Waals surface area contributed by atoms with Gasteiger partial charge < -0.3 is 71.4 Å². The molecule has 17 nitrogen and oxygen atoms in total. The third-order valence-corrected chi connectivity index (χ3v) is 16.2. The number of aliphatic hydroxyl groups is 1. The van der Waals surface area contributed by atoms with E-state index in [-0.39, 0.29) is 64.0 Å². The third kappa shape index (κ3) is 17.9. The fraction of sp³-hybridized carbons (Fsp3) is 0.333. The highest BCUT2D eigenvalue weighted by Gasteiger charge is 2.57. The Morgan fingerprint density at radius 2 is 0.641 bits per heavy atom. The Labute approximate surface area is 536 Å². The summed E-state index contributed by atoms with van der Waals surface area (Å²) in [7, 11) is 1.56. The number of esters is 2. The first-order valence-corrected chi connectivity index (χ1v) is 31.1. The van der Waals surface area contributed by atoms with E-state index < -0.39 is 104 Å². The van der Waals surface area contributed by atoms with Crippen LogP contribution in [-0.2, 0) is 106 Å². The monoisotopic (exact) mass is 1250 g/mol. The zero-order valence-electron chi connectivity index (χ0n) is 51.4. The van der Waals surface area contributed by atoms with Crippen molar-refractivity contribution in [1.29, 1.82) is 0 Å². The van der Waals surface area contributed by atoms with Crippen LogP contribution in [0.3, 0.4) is 0 Å². The molecular formula is C75H78O17. The maximum absolute atomic E-state index is 14.4. The van der Waals surface area contributed by atoms with Crippen LogP contribution in [0.4, 0.5) is 0 Å². The largest absolute Gasteiger partial charge is 0.452 e. The van der Waals surface area contributed by atoms with E-state index in [0.29, 0.717) is 0 Å². The topological polar surface area (TPSA) is 184 Å². The van der Waals surface area contributed by atoms with Crippen LogP contribution in [-0.4, -0.2) is 129 Å². The van der Waals surface area contributed by atoms with Crippen molar-refractivity contribution in [3.8, 4) is 0 Å². The highest BCUT2D eigenvalue weighted by molar-refractivity contribution is 5.90. The second kappa shape index (κ2) is 33.7. The Balaban J connectivity index is 1.02. The van der Waals surface area contributed by atoms with Gasteiger partial charge in [0, 0.05) is 7.11 Å². The van der Waals surface area contributed by atoms with Gasteiger partial charge in [-0.3, -0.25) is 0 Å². The molecule has 0 spiro atoms. The summed E-state index contributed by atoms with van der Waals surface area (Å²) in [6, 6.07) is 75.1. The number of hydrogen-bond donors (Lipinski definition) is 1. The Morgan fingerprint density at radius 1 is 0.348 bits per heavy atom. The van der Waals surface area contributed by atoms with Crippen LogP contribution in [0.15, 0.2) is 243 Å². The summed E-state index contributed by atoms with van der Waals surface area (Å²) in [6.45, 7) is 2.26. The maximum Gasteiger partial charge on any atom is 0.338 e. The van der Waals surface area contributed by atoms with Gasteiger partial charge in [-0.15, -0.1) is 0 Å². The van der Waals surface area contributed by atoms with Crippen LogP contribution in [0.5, 0.6) is 0 Å². The van der Waals surface area contributed by atoms with E-state index in [1.807, 2.05) is 182 Å². The van der Waals surface area contributed by atoms with Crippen LogP contribution >= 0.6 is 0 Å². The fourth-order valence-corrected chi connectivity index (χ4v) is 11.4. The van der Waals surface area contributed by atoms with E-state index in [4.69, 9.17) is 66.3 Å². The van der Waals surface area contributed by atoms with Gasteiger partial charge in [-0.1, -0.05) is 218 Å². The molecule has 0 unspecified atom stereocenters. The minimum Gasteiger partial charge on any atom is -0.452 e. The molecule has 0 aromatic heterocycles. The summed E-state index contributed by atoms with van der Waals surface area (Å²) in [5.41, 5.74) is 5.66. The molecule has 92 heavy (non-hydrogen) atoms. The Morgan fingerprint density at radius 3 is 1.00 bits per heavy atom. The van der Waals surface area contributed by atoms with Crippen LogP contribution in [0.25, 0.3) is 0 Å². The molecule has 1 N–H and O–H groups in total. The first kappa shape index (κ1) is 65.7. The van der Waals surface area contributed by atoms with E-state index in [1.54, 1.807) is 74.7 Å². The molecule has 0 bridgehead atoms. The second-order valence-corrected chi connectivity index (χ2v) is 22.7. The van der Waals surface area contributed by atoms with Crippen LogP contribution in [0.1, 0.15) is 61.0 Å². The van der Waals surface area contributed by atoms with Crippen LogP contribution < -0.4 is 0 Å². The lowest BCUT2D eigenvalue weighted by atomic mass is 9.95. The average molecular weight is 1250 g/mol. The van der Waals surface area contributed by atoms with Gasteiger partial charge in [0.25, 0.3) is 0 Å². The molecule has 480 valence electrons. The summed E-state index contributed by atoms with van der Waals surface area (Å²) >= 11 is 0. The molecule has 0 aliphatic carbocycles. The SMILES string of the molecule is CO[C@@H]1O[C@H](COCc2ccccc2)[C@@H](O[C@@H]2O[C@H](COCc3ccccc3)[C@@H](O[C@@H]3O[C@H](C)[C@H](O)[C@H](OC(=O)c4ccccc4)[C@H]3OC(=O)c3ccccc3)[C@H](OCc3ccccc3)[C@H]2OCc2ccccc2)[C@H](OCc2ccccc2)[C@H]1OCc1ccccc1. The summed E-state index contributed by atoms with van der Waals surface area (Å²) in [6.07, 6.45) is -18.1. The van der Waals surface area contributed by atoms with Gasteiger partial charge in [-0.05, 0) is 64.6 Å². The molecule has 3 aliphatic rings. The Bertz CT molecular complexity index is 3420. The summed E-state index contributed by atoms with van der Waals surface area (Å²) in [5, 5.41) is 12.1. The lowest BCUT2D eigenvalue weighted by molar-refractivity contribution is -0.389. The number of benzene rings is 8. The lowest BCUT2D eigenvalue weighted by Gasteiger charge is -2.51. The summed E-state index contributed by atoms with van der Waals surface area (Å²) in [4.78, 5) is 28.5. The van der Waals surface area contributed by atoms with E-state index in [2.05, 4.69) is 0 Å². The van der Waals surface area contributed by atoms with E-state index >= 15 is 0 Å². The molecule has 3 saturated heterocycles. The van der Waals surface area contributed by atoms with Crippen LogP contribution in [0, 0.1) is 0 Å². The number of carbonyl (C=O) groups excluding carboxylic acids is 2. The number of hydrogen-bond acceptors (Lipinski definition) is 17. The maximum atomic E-state index is 14.4. The smallest absolute Gasteiger partial charge is 0.338 e. The fourth-order valence-electron chi connectivity index (χ4n) is 11.4. The molecule has 8 aromatic rings. The molecule has 11 rings (SSSR count). The van der Waals surface area contributed by atoms with Crippen molar-refractivity contribution >= 4 is 11.9 Å². The van der Waals surface area contributed by atoms with Crippen molar-refractivity contribution in [2.24, 2.45) is 0 Å². The standard InChI is InChI=1S/C75H78O17/c1-51-62(76)65(89-71(77)58-39-23-9-24-40-58)70(90-72(78)59-41-25-10-26-42-59)75(86-51)92-64-61(50-81-44-53-29-13-4-14-30-53)88-74(69(85-48-57-37-21-8-22-38-57)67(64)83-46-55-33-17-6-18-34-55)91-63-60(49-80-43-52-27-11-3-12-28-52)87-73(79-2)68(84-47-56-35-19-7-20-36-56)66(63)82-45-54-31-15-5-16-32-54/h3-42,51,60-70,73-76H,43-50H2,1-2H3/t51-,60-,61-,62+,63-,64-,65+,66+,67+,68-,69-,70-,73-,74+,75+/m1/s1. The highest BCUT2D eigenvalue weighted by atomic mass is 16.8. The van der Waals surface area contributed by atoms with Gasteiger partial charge in [0.05, 0.1) is 70.1 Å². The van der Waals surface area contributed by atoms with Gasteiger partial charge in [0.1, 0.15) is 54.9 Å². The molecule has 17 heteroatoms. The molecule has 3 aliphatic heterocycles. The van der Waals surface area contributed by atoms with Gasteiger partial charge in [-0.25, -0.2) is 9.59 Å². The van der Waals surface area contributed by atoms with Crippen molar-refractivity contribution in [2.45, 2.75) is 139 Å². The number of methoxy groups -OCH3 is 1. The highest BCUT2D eigenvalue weighted by Crippen LogP contribution is 2.39. The van der Waals surface area contributed by atoms with Crippen molar-refractivity contribution in [2.75, 3.05) is 20.3 Å². The van der Waals surface area contributed by atoms with Gasteiger partial charge in [-0.2, -0.15) is 0 Å². The minimum absolute atomic E-state index is 0.00370. The predicted octanol–water partition coefficient (Wildman–Crippen LogP) is 11.2. The molecule has 0 amide bonds. The minimum atomic E-state index is -1.60. The summed E-state index contributed by atoms with van der Waals surface area (Å²) in [5.74, 6) is -1.57. The van der Waals surface area contributed by atoms with Crippen molar-refractivity contribution < 1.29 is 81.0 Å². The molecular weight excluding hydrogens is 1170 g/mol. The first-order chi connectivity index (χ1) is 45.2. The van der Waals surface area contributed by atoms with Crippen molar-refractivity contribution in [3.05, 3.63) is 287 Å². The van der Waals surface area contributed by atoms with E-state index in [0.717, 1.165) is 33.4 Å². The summed E-state index contributed by atoms with van der Waals surface area (Å²) < 4.78 is 96.3. The molecule has 15 atom stereocenters. The zero-order valence-corrected chi connectivity index (χ0v) is 51.4. The molecule has 3 fully saturated rings. The van der Waals surface area contributed by atoms with E-state index in [9.17, 15) is 14.7 Å². The van der Waals surface area contributed by atoms with Crippen LogP contribution in [0.2, 0.25) is 0 Å². The molecule has 0 saturated carbocycles. The third-order valence-electron chi connectivity index (χ3n) is 16.2. The molecule has 0 radical (unpaired) electrons. The molecule has 3 heterocycles. The number of ether oxygens (including phenoxy) is 14. The van der Waals surface area contributed by atoms with E-state index in [1.165, 1.54) is 0 Å². The lowest BCUT2D eigenvalue weighted by Crippen LogP contribution is -2.68. The second-order valence-electron chi connectivity index (χ2n) is 22.7. The number of aliphatic hydroxyl groups excluding tert-OH is 1. The molecule has 8 aromatic carbocycles. The van der Waals surface area contributed by atoms with Gasteiger partial charge >= 0.3 is 11.9 Å². The number of carbonyl (C=O) groups is 2. The van der Waals surface area contributed by atoms with Gasteiger partial charge in [0.15, 0.2) is 31.1 Å². The van der Waals surface area contributed by atoms with Crippen molar-refractivity contribution in [1.82, 2.24) is 0 Å². The first-order valence-electron chi connectivity index (χ1n) is 31.1.